The van der Waals surface area contributed by atoms with Crippen molar-refractivity contribution in [1.82, 2.24) is 0 Å². The van der Waals surface area contributed by atoms with Crippen molar-refractivity contribution in [2.75, 3.05) is 5.32 Å². The van der Waals surface area contributed by atoms with Crippen molar-refractivity contribution < 1.29 is 9.90 Å². The minimum atomic E-state index is -0.973. The van der Waals surface area contributed by atoms with Gasteiger partial charge in [0.2, 0.25) is 0 Å². The molecule has 3 nitrogen and oxygen atoms in total. The second kappa shape index (κ2) is 6.80. The fourth-order valence-electron chi connectivity index (χ4n) is 2.68. The fraction of sp³-hybridized carbons (Fsp3) is 0.533. The van der Waals surface area contributed by atoms with E-state index in [0.29, 0.717) is 16.8 Å². The Morgan fingerprint density at radius 1 is 1.16 bits per heavy atom. The highest BCUT2D eigenvalue weighted by Gasteiger charge is 2.17. The molecule has 1 aromatic rings. The number of halogens is 1. The molecular weight excluding hydrogens is 262 g/mol. The van der Waals surface area contributed by atoms with E-state index in [2.05, 4.69) is 5.32 Å². The van der Waals surface area contributed by atoms with Gasteiger partial charge in [0.15, 0.2) is 0 Å². The van der Waals surface area contributed by atoms with Crippen LogP contribution >= 0.6 is 11.6 Å². The lowest BCUT2D eigenvalue weighted by Crippen LogP contribution is -2.22. The zero-order valence-corrected chi connectivity index (χ0v) is 11.7. The number of anilines is 1. The van der Waals surface area contributed by atoms with Crippen LogP contribution in [-0.2, 0) is 0 Å². The van der Waals surface area contributed by atoms with Gasteiger partial charge < -0.3 is 10.4 Å². The van der Waals surface area contributed by atoms with Gasteiger partial charge in [0.05, 0.1) is 10.7 Å². The average Bonchev–Trinajstić information content (AvgIpc) is 2.32. The van der Waals surface area contributed by atoms with Crippen LogP contribution in [0.5, 0.6) is 0 Å². The molecule has 0 atom stereocenters. The van der Waals surface area contributed by atoms with Crippen molar-refractivity contribution in [1.29, 1.82) is 0 Å². The summed E-state index contributed by atoms with van der Waals surface area (Å²) in [5.41, 5.74) is 0.830. The summed E-state index contributed by atoms with van der Waals surface area (Å²) in [6.45, 7) is 0. The van der Waals surface area contributed by atoms with Crippen LogP contribution in [0.1, 0.15) is 55.3 Å². The molecule has 2 N–H and O–H groups in total. The number of benzene rings is 1. The predicted octanol–water partition coefficient (Wildman–Crippen LogP) is 4.56. The largest absolute Gasteiger partial charge is 0.478 e. The van der Waals surface area contributed by atoms with E-state index in [9.17, 15) is 9.90 Å². The first-order chi connectivity index (χ1) is 9.18. The van der Waals surface area contributed by atoms with E-state index < -0.39 is 5.97 Å². The molecule has 0 aliphatic heterocycles. The minimum absolute atomic E-state index is 0.186. The third-order valence-electron chi connectivity index (χ3n) is 3.69. The molecule has 0 heterocycles. The first-order valence-corrected chi connectivity index (χ1v) is 7.34. The van der Waals surface area contributed by atoms with Crippen molar-refractivity contribution in [3.63, 3.8) is 0 Å². The van der Waals surface area contributed by atoms with Gasteiger partial charge in [-0.05, 0) is 25.0 Å². The molecule has 0 bridgehead atoms. The third-order valence-corrected chi connectivity index (χ3v) is 4.01. The summed E-state index contributed by atoms with van der Waals surface area (Å²) in [7, 11) is 0. The summed E-state index contributed by atoms with van der Waals surface area (Å²) < 4.78 is 0. The average molecular weight is 282 g/mol. The Kier molecular flexibility index (Phi) is 5.08. The molecule has 1 aliphatic carbocycles. The lowest BCUT2D eigenvalue weighted by molar-refractivity contribution is 0.0698. The normalized spacial score (nSPS) is 17.5. The first kappa shape index (κ1) is 14.2. The maximum atomic E-state index is 11.3. The number of nitrogens with one attached hydrogen (secondary N) is 1. The predicted molar refractivity (Wildman–Crippen MR) is 78.1 cm³/mol. The van der Waals surface area contributed by atoms with Gasteiger partial charge in [-0.3, -0.25) is 0 Å². The highest BCUT2D eigenvalue weighted by atomic mass is 35.5. The SMILES string of the molecule is O=C(O)c1c(Cl)cccc1NC1CCCCCCC1. The van der Waals surface area contributed by atoms with Crippen LogP contribution in [0.4, 0.5) is 5.69 Å². The maximum Gasteiger partial charge on any atom is 0.339 e. The molecule has 1 fully saturated rings. The number of carboxylic acid groups (broad SMARTS) is 1. The summed E-state index contributed by atoms with van der Waals surface area (Å²) in [4.78, 5) is 11.3. The first-order valence-electron chi connectivity index (χ1n) is 6.97. The van der Waals surface area contributed by atoms with Crippen molar-refractivity contribution in [2.24, 2.45) is 0 Å². The lowest BCUT2D eigenvalue weighted by Gasteiger charge is -2.23. The van der Waals surface area contributed by atoms with E-state index in [1.807, 2.05) is 0 Å². The number of carbonyl (C=O) groups is 1. The molecule has 19 heavy (non-hydrogen) atoms. The van der Waals surface area contributed by atoms with Gasteiger partial charge in [-0.25, -0.2) is 4.79 Å². The molecule has 0 unspecified atom stereocenters. The maximum absolute atomic E-state index is 11.3. The van der Waals surface area contributed by atoms with Gasteiger partial charge in [-0.2, -0.15) is 0 Å². The Hall–Kier alpha value is -1.22. The highest BCUT2D eigenvalue weighted by molar-refractivity contribution is 6.34. The van der Waals surface area contributed by atoms with Crippen molar-refractivity contribution in [2.45, 2.75) is 51.0 Å². The Morgan fingerprint density at radius 2 is 1.79 bits per heavy atom. The molecule has 0 radical (unpaired) electrons. The third kappa shape index (κ3) is 3.87. The molecule has 1 aliphatic rings. The molecule has 104 valence electrons. The summed E-state index contributed by atoms with van der Waals surface area (Å²) >= 11 is 5.98. The Bertz CT molecular complexity index is 440. The van der Waals surface area contributed by atoms with Crippen molar-refractivity contribution in [3.8, 4) is 0 Å². The van der Waals surface area contributed by atoms with E-state index in [1.165, 1.54) is 32.1 Å². The van der Waals surface area contributed by atoms with Crippen LogP contribution in [0.3, 0.4) is 0 Å². The monoisotopic (exact) mass is 281 g/mol. The van der Waals surface area contributed by atoms with E-state index in [1.54, 1.807) is 18.2 Å². The second-order valence-corrected chi connectivity index (χ2v) is 5.56. The Balaban J connectivity index is 2.13. The molecule has 0 amide bonds. The van der Waals surface area contributed by atoms with Crippen LogP contribution in [0.15, 0.2) is 18.2 Å². The van der Waals surface area contributed by atoms with E-state index in [-0.39, 0.29) is 5.56 Å². The van der Waals surface area contributed by atoms with E-state index >= 15 is 0 Å². The zero-order valence-electron chi connectivity index (χ0n) is 11.0. The fourth-order valence-corrected chi connectivity index (χ4v) is 2.94. The van der Waals surface area contributed by atoms with Crippen LogP contribution in [0.2, 0.25) is 5.02 Å². The van der Waals surface area contributed by atoms with Crippen molar-refractivity contribution in [3.05, 3.63) is 28.8 Å². The van der Waals surface area contributed by atoms with Gasteiger partial charge in [-0.1, -0.05) is 49.8 Å². The summed E-state index contributed by atoms with van der Waals surface area (Å²) in [5, 5.41) is 12.9. The number of carboxylic acids is 1. The van der Waals surface area contributed by atoms with Gasteiger partial charge in [-0.15, -0.1) is 0 Å². The van der Waals surface area contributed by atoms with Crippen molar-refractivity contribution >= 4 is 23.3 Å². The van der Waals surface area contributed by atoms with E-state index in [0.717, 1.165) is 12.8 Å². The molecular formula is C15H20ClNO2. The van der Waals surface area contributed by atoms with Gasteiger partial charge in [0.1, 0.15) is 5.56 Å². The topological polar surface area (TPSA) is 49.3 Å². The highest BCUT2D eigenvalue weighted by Crippen LogP contribution is 2.27. The molecule has 0 saturated heterocycles. The van der Waals surface area contributed by atoms with Crippen LogP contribution in [0.25, 0.3) is 0 Å². The number of hydrogen-bond donors (Lipinski definition) is 2. The Labute approximate surface area is 119 Å². The Morgan fingerprint density at radius 3 is 2.42 bits per heavy atom. The lowest BCUT2D eigenvalue weighted by atomic mass is 9.96. The molecule has 1 aromatic carbocycles. The minimum Gasteiger partial charge on any atom is -0.478 e. The van der Waals surface area contributed by atoms with Gasteiger partial charge >= 0.3 is 5.97 Å². The summed E-state index contributed by atoms with van der Waals surface area (Å²) in [5.74, 6) is -0.973. The quantitative estimate of drug-likeness (QED) is 0.854. The number of rotatable bonds is 3. The molecule has 0 spiro atoms. The van der Waals surface area contributed by atoms with Crippen LogP contribution < -0.4 is 5.32 Å². The number of aromatic carboxylic acids is 1. The van der Waals surface area contributed by atoms with Crippen LogP contribution in [-0.4, -0.2) is 17.1 Å². The standard InChI is InChI=1S/C15H20ClNO2/c16-12-9-6-10-13(14(12)15(18)19)17-11-7-4-2-1-3-5-8-11/h6,9-11,17H,1-5,7-8H2,(H,18,19). The molecule has 2 rings (SSSR count). The molecule has 0 aromatic heterocycles. The van der Waals surface area contributed by atoms with Crippen LogP contribution in [0, 0.1) is 0 Å². The molecule has 1 saturated carbocycles. The second-order valence-electron chi connectivity index (χ2n) is 5.15. The zero-order chi connectivity index (χ0) is 13.7. The molecule has 4 heteroatoms. The van der Waals surface area contributed by atoms with Gasteiger partial charge in [0, 0.05) is 6.04 Å². The van der Waals surface area contributed by atoms with E-state index in [4.69, 9.17) is 11.6 Å². The smallest absolute Gasteiger partial charge is 0.339 e. The number of hydrogen-bond acceptors (Lipinski definition) is 2. The summed E-state index contributed by atoms with van der Waals surface area (Å²) in [6.07, 6.45) is 8.50. The summed E-state index contributed by atoms with van der Waals surface area (Å²) in [6, 6.07) is 5.57. The van der Waals surface area contributed by atoms with Gasteiger partial charge in [0.25, 0.3) is 0 Å².